The van der Waals surface area contributed by atoms with Gasteiger partial charge in [0.15, 0.2) is 0 Å². The van der Waals surface area contributed by atoms with Gasteiger partial charge in [0.25, 0.3) is 0 Å². The molecule has 1 atom stereocenters. The third-order valence-corrected chi connectivity index (χ3v) is 6.35. The quantitative estimate of drug-likeness (QED) is 0.785. The van der Waals surface area contributed by atoms with Gasteiger partial charge in [-0.1, -0.05) is 37.3 Å². The van der Waals surface area contributed by atoms with Crippen LogP contribution in [0.15, 0.2) is 30.3 Å². The van der Waals surface area contributed by atoms with E-state index in [4.69, 9.17) is 0 Å². The smallest absolute Gasteiger partial charge is 0.227 e. The highest BCUT2D eigenvalue weighted by Crippen LogP contribution is 2.21. The van der Waals surface area contributed by atoms with Gasteiger partial charge in [-0.25, -0.2) is 0 Å². The lowest BCUT2D eigenvalue weighted by Crippen LogP contribution is -2.46. The predicted octanol–water partition coefficient (Wildman–Crippen LogP) is 2.71. The van der Waals surface area contributed by atoms with Crippen LogP contribution in [0.25, 0.3) is 0 Å². The number of nitrogens with one attached hydrogen (secondary N) is 1. The van der Waals surface area contributed by atoms with Crippen molar-refractivity contribution in [1.82, 2.24) is 15.1 Å². The molecule has 1 aromatic rings. The van der Waals surface area contributed by atoms with E-state index in [2.05, 4.69) is 17.1 Å². The third kappa shape index (κ3) is 6.06. The Kier molecular flexibility index (Phi) is 7.90. The van der Waals surface area contributed by atoms with E-state index in [0.717, 1.165) is 50.4 Å². The Balaban J connectivity index is 1.38. The summed E-state index contributed by atoms with van der Waals surface area (Å²) in [4.78, 5) is 29.6. The number of hydrogen-bond donors (Lipinski definition) is 1. The molecule has 1 N–H and O–H groups in total. The Morgan fingerprint density at radius 2 is 1.82 bits per heavy atom. The van der Waals surface area contributed by atoms with Gasteiger partial charge in [-0.15, -0.1) is 0 Å². The lowest BCUT2D eigenvalue weighted by atomic mass is 9.93. The fourth-order valence-electron chi connectivity index (χ4n) is 4.44. The van der Waals surface area contributed by atoms with Gasteiger partial charge >= 0.3 is 0 Å². The average Bonchev–Trinajstić information content (AvgIpc) is 2.75. The van der Waals surface area contributed by atoms with Crippen molar-refractivity contribution >= 4 is 11.8 Å². The maximum Gasteiger partial charge on any atom is 0.227 e. The number of likely N-dealkylation sites (tertiary alicyclic amines) is 2. The van der Waals surface area contributed by atoms with Crippen LogP contribution >= 0.6 is 0 Å². The Bertz CT molecular complexity index is 626. The number of carbonyl (C=O) groups is 2. The molecule has 3 rings (SSSR count). The molecular weight excluding hydrogens is 350 g/mol. The van der Waals surface area contributed by atoms with Crippen LogP contribution in [0.4, 0.5) is 0 Å². The molecule has 1 unspecified atom stereocenters. The molecule has 154 valence electrons. The fraction of sp³-hybridized carbons (Fsp3) is 0.652. The fourth-order valence-corrected chi connectivity index (χ4v) is 4.44. The van der Waals surface area contributed by atoms with E-state index < -0.39 is 0 Å². The van der Waals surface area contributed by atoms with E-state index >= 15 is 0 Å². The van der Waals surface area contributed by atoms with Crippen LogP contribution in [0.2, 0.25) is 0 Å². The lowest BCUT2D eigenvalue weighted by molar-refractivity contribution is -0.135. The predicted molar refractivity (Wildman–Crippen MR) is 112 cm³/mol. The number of piperidine rings is 2. The molecule has 0 bridgehead atoms. The lowest BCUT2D eigenvalue weighted by Gasteiger charge is -2.33. The van der Waals surface area contributed by atoms with E-state index in [1.807, 2.05) is 35.2 Å². The Hall–Kier alpha value is -1.88. The van der Waals surface area contributed by atoms with Crippen molar-refractivity contribution in [1.29, 1.82) is 0 Å². The molecule has 2 heterocycles. The maximum atomic E-state index is 12.6. The Morgan fingerprint density at radius 1 is 1.07 bits per heavy atom. The van der Waals surface area contributed by atoms with Crippen LogP contribution in [0.3, 0.4) is 0 Å². The second-order valence-corrected chi connectivity index (χ2v) is 8.30. The number of rotatable bonds is 7. The molecule has 2 aliphatic heterocycles. The molecule has 0 aliphatic carbocycles. The molecule has 0 spiro atoms. The van der Waals surface area contributed by atoms with E-state index in [1.54, 1.807) is 0 Å². The minimum atomic E-state index is -0.0598. The second kappa shape index (κ2) is 10.6. The van der Waals surface area contributed by atoms with Crippen LogP contribution in [-0.4, -0.2) is 60.9 Å². The first kappa shape index (κ1) is 20.8. The molecule has 2 fully saturated rings. The molecular formula is C23H35N3O2. The average molecular weight is 386 g/mol. The van der Waals surface area contributed by atoms with Gasteiger partial charge in [-0.3, -0.25) is 9.59 Å². The molecule has 28 heavy (non-hydrogen) atoms. The normalized spacial score (nSPS) is 21.5. The van der Waals surface area contributed by atoms with Gasteiger partial charge in [0.05, 0.1) is 12.3 Å². The highest BCUT2D eigenvalue weighted by Gasteiger charge is 2.28. The van der Waals surface area contributed by atoms with Crippen molar-refractivity contribution < 1.29 is 9.59 Å². The first-order chi connectivity index (χ1) is 13.7. The molecule has 5 heteroatoms. The molecule has 0 aromatic heterocycles. The minimum Gasteiger partial charge on any atom is -0.356 e. The van der Waals surface area contributed by atoms with Gasteiger partial charge in [0.1, 0.15) is 0 Å². The van der Waals surface area contributed by atoms with Crippen LogP contribution in [-0.2, 0) is 16.0 Å². The molecule has 0 saturated carbocycles. The van der Waals surface area contributed by atoms with Crippen LogP contribution in [0.5, 0.6) is 0 Å². The zero-order valence-corrected chi connectivity index (χ0v) is 17.2. The van der Waals surface area contributed by atoms with Gasteiger partial charge in [0.2, 0.25) is 11.8 Å². The first-order valence-corrected chi connectivity index (χ1v) is 11.0. The summed E-state index contributed by atoms with van der Waals surface area (Å²) in [5.41, 5.74) is 1.04. The van der Waals surface area contributed by atoms with Crippen molar-refractivity contribution in [2.45, 2.75) is 45.4 Å². The minimum absolute atomic E-state index is 0.0598. The molecule has 2 saturated heterocycles. The highest BCUT2D eigenvalue weighted by atomic mass is 16.2. The summed E-state index contributed by atoms with van der Waals surface area (Å²) in [6, 6.07) is 9.85. The summed E-state index contributed by atoms with van der Waals surface area (Å²) in [7, 11) is 0. The van der Waals surface area contributed by atoms with Gasteiger partial charge in [-0.05, 0) is 63.2 Å². The van der Waals surface area contributed by atoms with Crippen molar-refractivity contribution in [2.75, 3.05) is 39.3 Å². The maximum absolute atomic E-state index is 12.6. The van der Waals surface area contributed by atoms with E-state index in [-0.39, 0.29) is 17.7 Å². The number of carbonyl (C=O) groups excluding carboxylic acids is 2. The van der Waals surface area contributed by atoms with Crippen LogP contribution in [0, 0.1) is 11.8 Å². The zero-order valence-electron chi connectivity index (χ0n) is 17.2. The van der Waals surface area contributed by atoms with Crippen molar-refractivity contribution in [2.24, 2.45) is 11.8 Å². The molecule has 5 nitrogen and oxygen atoms in total. The third-order valence-electron chi connectivity index (χ3n) is 6.35. The summed E-state index contributed by atoms with van der Waals surface area (Å²) in [6.45, 7) is 7.84. The summed E-state index contributed by atoms with van der Waals surface area (Å²) in [5.74, 6) is 0.934. The topological polar surface area (TPSA) is 52.7 Å². The van der Waals surface area contributed by atoms with Crippen LogP contribution < -0.4 is 5.32 Å². The molecule has 2 aliphatic rings. The Morgan fingerprint density at radius 3 is 2.54 bits per heavy atom. The molecule has 2 amide bonds. The van der Waals surface area contributed by atoms with Crippen molar-refractivity contribution in [3.63, 3.8) is 0 Å². The summed E-state index contributed by atoms with van der Waals surface area (Å²) in [6.07, 6.45) is 5.78. The van der Waals surface area contributed by atoms with Crippen molar-refractivity contribution in [3.8, 4) is 0 Å². The Labute approximate surface area is 169 Å². The zero-order chi connectivity index (χ0) is 19.8. The van der Waals surface area contributed by atoms with E-state index in [1.165, 1.54) is 25.9 Å². The summed E-state index contributed by atoms with van der Waals surface area (Å²) < 4.78 is 0. The molecule has 1 aromatic carbocycles. The number of nitrogens with zero attached hydrogens (tertiary/aromatic N) is 2. The van der Waals surface area contributed by atoms with Crippen LogP contribution in [0.1, 0.15) is 44.6 Å². The monoisotopic (exact) mass is 385 g/mol. The molecule has 0 radical (unpaired) electrons. The van der Waals surface area contributed by atoms with E-state index in [9.17, 15) is 9.59 Å². The number of amides is 2. The number of hydrogen-bond acceptors (Lipinski definition) is 3. The van der Waals surface area contributed by atoms with Crippen molar-refractivity contribution in [3.05, 3.63) is 35.9 Å². The largest absolute Gasteiger partial charge is 0.356 e. The SMILES string of the molecule is CCN1CCC(CCNC(=O)C2CCCN(C(=O)Cc3ccccc3)C2)CC1. The first-order valence-electron chi connectivity index (χ1n) is 11.0. The van der Waals surface area contributed by atoms with Gasteiger partial charge in [0, 0.05) is 19.6 Å². The summed E-state index contributed by atoms with van der Waals surface area (Å²) in [5, 5.41) is 3.14. The van der Waals surface area contributed by atoms with Gasteiger partial charge in [-0.2, -0.15) is 0 Å². The second-order valence-electron chi connectivity index (χ2n) is 8.30. The summed E-state index contributed by atoms with van der Waals surface area (Å²) >= 11 is 0. The standard InChI is InChI=1S/C23H35N3O2/c1-2-25-15-11-19(12-16-25)10-13-24-23(28)21-9-6-14-26(18-21)22(27)17-20-7-4-3-5-8-20/h3-5,7-8,19,21H,2,6,9-18H2,1H3,(H,24,28). The highest BCUT2D eigenvalue weighted by molar-refractivity contribution is 5.82. The van der Waals surface area contributed by atoms with E-state index in [0.29, 0.717) is 13.0 Å². The number of benzene rings is 1. The van der Waals surface area contributed by atoms with Gasteiger partial charge < -0.3 is 15.1 Å².